The molecule has 2 atom stereocenters. The van der Waals surface area contributed by atoms with Gasteiger partial charge in [-0.25, -0.2) is 43.5 Å². The van der Waals surface area contributed by atoms with Gasteiger partial charge in [-0.15, -0.1) is 0 Å². The molecule has 12 rings (SSSR count). The van der Waals surface area contributed by atoms with Gasteiger partial charge in [0.05, 0.1) is 57.3 Å². The van der Waals surface area contributed by atoms with Crippen molar-refractivity contribution in [1.29, 1.82) is 0 Å². The van der Waals surface area contributed by atoms with E-state index in [1.807, 2.05) is 75.4 Å². The highest BCUT2D eigenvalue weighted by atomic mass is 79.9. The van der Waals surface area contributed by atoms with E-state index in [-0.39, 0.29) is 59.4 Å². The topological polar surface area (TPSA) is 350 Å². The number of pyridine rings is 4. The van der Waals surface area contributed by atoms with Gasteiger partial charge in [0, 0.05) is 135 Å². The number of methoxy groups -OCH3 is 3. The molecular weight excluding hydrogens is 1400 g/mol. The third kappa shape index (κ3) is 21.8. The Morgan fingerprint density at radius 3 is 1.50 bits per heavy atom. The number of aliphatic hydroxyl groups excluding tert-OH is 2. The van der Waals surface area contributed by atoms with Crippen LogP contribution in [-0.4, -0.2) is 201 Å². The van der Waals surface area contributed by atoms with E-state index in [4.69, 9.17) is 43.4 Å². The number of carbonyl (C=O) groups excluding carboxylic acids is 3. The number of halogens is 4. The fraction of sp³-hybridized carbons (Fsp3) is 0.347. The number of aryl methyl sites for hydroxylation is 4. The summed E-state index contributed by atoms with van der Waals surface area (Å²) in [6.45, 7) is 14.5. The zero-order valence-corrected chi connectivity index (χ0v) is 60.7. The molecule has 102 heavy (non-hydrogen) atoms. The average Bonchev–Trinajstić information content (AvgIpc) is 1.64. The van der Waals surface area contributed by atoms with Crippen LogP contribution in [0.4, 0.5) is 48.9 Å². The van der Waals surface area contributed by atoms with Crippen LogP contribution in [0.15, 0.2) is 114 Å². The Morgan fingerprint density at radius 2 is 1.04 bits per heavy atom. The molecular formula is C72H86BrClF2N18O8. The van der Waals surface area contributed by atoms with Crippen molar-refractivity contribution in [3.63, 3.8) is 0 Å². The first kappa shape index (κ1) is 78.3. The summed E-state index contributed by atoms with van der Waals surface area (Å²) in [5.41, 5.74) is 30.1. The summed E-state index contributed by atoms with van der Waals surface area (Å²) >= 11 is 9.10. The number of hydrogen-bond donors (Lipinski definition) is 8. The lowest BCUT2D eigenvalue weighted by Gasteiger charge is -2.36. The van der Waals surface area contributed by atoms with Crippen molar-refractivity contribution >= 4 is 96.5 Å². The Bertz CT molecular complexity index is 4220. The van der Waals surface area contributed by atoms with Crippen LogP contribution in [0.2, 0.25) is 5.28 Å². The number of aromatic nitrogens is 8. The van der Waals surface area contributed by atoms with Gasteiger partial charge in [0.25, 0.3) is 0 Å². The molecule has 2 aliphatic carbocycles. The molecule has 2 amide bonds. The molecule has 26 nitrogen and oxygen atoms in total. The molecule has 0 unspecified atom stereocenters. The van der Waals surface area contributed by atoms with Crippen LogP contribution >= 0.6 is 27.5 Å². The van der Waals surface area contributed by atoms with Crippen molar-refractivity contribution in [2.24, 2.45) is 0 Å². The molecule has 0 radical (unpaired) electrons. The van der Waals surface area contributed by atoms with Gasteiger partial charge in [0.15, 0.2) is 17.3 Å². The second-order valence-corrected chi connectivity index (χ2v) is 25.5. The van der Waals surface area contributed by atoms with Crippen molar-refractivity contribution in [1.82, 2.24) is 59.5 Å². The molecule has 30 heteroatoms. The number of esters is 1. The lowest BCUT2D eigenvalue weighted by molar-refractivity contribution is -0.124. The number of piperazine rings is 2. The molecule has 8 aromatic rings. The van der Waals surface area contributed by atoms with Gasteiger partial charge in [-0.05, 0) is 165 Å². The molecule has 11 N–H and O–H groups in total. The molecule has 4 aliphatic rings. The minimum atomic E-state index is -0.545. The van der Waals surface area contributed by atoms with Crippen LogP contribution in [-0.2, 0) is 49.9 Å². The van der Waals surface area contributed by atoms with Gasteiger partial charge < -0.3 is 67.4 Å². The van der Waals surface area contributed by atoms with E-state index in [1.54, 1.807) is 57.5 Å². The van der Waals surface area contributed by atoms with Crippen LogP contribution in [0.5, 0.6) is 0 Å². The number of rotatable bonds is 17. The van der Waals surface area contributed by atoms with Gasteiger partial charge in [-0.3, -0.25) is 29.4 Å². The first-order valence-corrected chi connectivity index (χ1v) is 33.8. The zero-order valence-electron chi connectivity index (χ0n) is 58.4. The van der Waals surface area contributed by atoms with Crippen LogP contribution in [0.25, 0.3) is 11.1 Å². The largest absolute Gasteiger partial charge is 0.464 e. The second kappa shape index (κ2) is 37.5. The summed E-state index contributed by atoms with van der Waals surface area (Å²) in [5, 5.41) is 27.4. The number of nitrogen functional groups attached to an aromatic ring is 3. The monoisotopic (exact) mass is 1480 g/mol. The summed E-state index contributed by atoms with van der Waals surface area (Å²) < 4.78 is 45.4. The summed E-state index contributed by atoms with van der Waals surface area (Å²) in [6.07, 6.45) is 7.12. The predicted molar refractivity (Wildman–Crippen MR) is 393 cm³/mol. The number of fused-ring (bicyclic) bond motifs is 2. The molecule has 2 aliphatic heterocycles. The van der Waals surface area contributed by atoms with Crippen LogP contribution in [0.1, 0.15) is 78.3 Å². The average molecular weight is 1480 g/mol. The number of ether oxygens (including phenoxy) is 3. The van der Waals surface area contributed by atoms with Crippen LogP contribution in [0.3, 0.4) is 0 Å². The summed E-state index contributed by atoms with van der Waals surface area (Å²) in [7, 11) is 8.67. The van der Waals surface area contributed by atoms with Crippen LogP contribution < -0.4 is 33.2 Å². The number of amides is 2. The number of likely N-dealkylation sites (N-methyl/N-ethyl adjacent to an activating group) is 2. The maximum absolute atomic E-state index is 15.0. The second-order valence-electron chi connectivity index (χ2n) is 24.4. The SMILES string of the molecule is COC(=O)c1cc(N)cc(C)n1.COC[C@H](C(=O)Nc1cccc2c1CC=C2c1nc(Cl)ncc1F)N1CCN(C)CC1.COC[C@H](C(=O)Nc1cccc2c1CC=C2c1nc(Nc2cc(C)nc(CO)c2)ncc1F)N1CCN(C)CC1.Cc1cc(N)cc(Br)n1.Cc1cc(N)cc(CO)n1. The van der Waals surface area contributed by atoms with Gasteiger partial charge in [0.1, 0.15) is 28.1 Å². The Labute approximate surface area is 605 Å². The Kier molecular flexibility index (Phi) is 28.8. The number of hydrogen-bond acceptors (Lipinski definition) is 24. The molecule has 540 valence electrons. The predicted octanol–water partition coefficient (Wildman–Crippen LogP) is 8.16. The van der Waals surface area contributed by atoms with E-state index >= 15 is 4.39 Å². The van der Waals surface area contributed by atoms with E-state index in [0.29, 0.717) is 82.7 Å². The third-order valence-electron chi connectivity index (χ3n) is 16.6. The Balaban J connectivity index is 0.000000185. The number of nitrogens with two attached hydrogens (primary N) is 3. The van der Waals surface area contributed by atoms with Gasteiger partial charge in [-0.1, -0.05) is 36.4 Å². The molecule has 8 heterocycles. The summed E-state index contributed by atoms with van der Waals surface area (Å²) in [6, 6.07) is 24.1. The van der Waals surface area contributed by atoms with Crippen molar-refractivity contribution in [2.75, 3.05) is 134 Å². The Hall–Kier alpha value is -9.40. The molecule has 2 fully saturated rings. The lowest BCUT2D eigenvalue weighted by atomic mass is 10.0. The van der Waals surface area contributed by atoms with E-state index in [2.05, 4.69) is 110 Å². The van der Waals surface area contributed by atoms with Crippen molar-refractivity contribution in [3.8, 4) is 0 Å². The van der Waals surface area contributed by atoms with Crippen molar-refractivity contribution in [3.05, 3.63) is 204 Å². The fourth-order valence-electron chi connectivity index (χ4n) is 11.7. The number of aliphatic hydroxyl groups is 2. The summed E-state index contributed by atoms with van der Waals surface area (Å²) in [4.78, 5) is 79.0. The number of benzene rings is 2. The maximum Gasteiger partial charge on any atom is 0.356 e. The number of nitrogens with one attached hydrogen (secondary N) is 3. The molecule has 2 saturated heterocycles. The quantitative estimate of drug-likeness (QED) is 0.0242. The van der Waals surface area contributed by atoms with E-state index in [0.717, 1.165) is 114 Å². The third-order valence-corrected chi connectivity index (χ3v) is 17.2. The molecule has 0 saturated carbocycles. The van der Waals surface area contributed by atoms with E-state index in [1.165, 1.54) is 13.2 Å². The highest BCUT2D eigenvalue weighted by Crippen LogP contribution is 2.39. The summed E-state index contributed by atoms with van der Waals surface area (Å²) in [5.74, 6) is -1.55. The van der Waals surface area contributed by atoms with Crippen LogP contribution in [0, 0.1) is 39.3 Å². The minimum absolute atomic E-state index is 0.00945. The fourth-order valence-corrected chi connectivity index (χ4v) is 12.4. The molecule has 6 aromatic heterocycles. The number of allylic oxidation sites excluding steroid dienone is 2. The van der Waals surface area contributed by atoms with Gasteiger partial charge in [-0.2, -0.15) is 0 Å². The number of anilines is 7. The molecule has 2 aromatic carbocycles. The number of nitrogens with zero attached hydrogens (tertiary/aromatic N) is 12. The van der Waals surface area contributed by atoms with E-state index < -0.39 is 23.6 Å². The normalized spacial score (nSPS) is 14.8. The van der Waals surface area contributed by atoms with Crippen molar-refractivity contribution in [2.45, 2.75) is 65.8 Å². The first-order valence-electron chi connectivity index (χ1n) is 32.6. The standard InChI is InChI=1S/C29H34FN7O3.C22H25ClFN5O2.C8H10N2O2.C7H10N2O.C6H7BrN2/c1-18-13-19(14-20(16-38)32-18)33-29-31-15-24(30)27(35-29)23-8-7-22-21(23)5-4-6-25(22)34-28(39)26(17-40-3)37-11-9-36(2)10-12-37;1-28-8-10-29(11-9-28)19(13-31-2)21(30)26-18-5-3-4-14-15(18)6-7-16(14)20-17(24)12-25-22(23)27-20;1-5-3-6(9)4-7(10-5)8(11)12-2;1-5-2-6(8)3-7(4-10)9-5;1-4-2-5(8)3-6(7)9-4/h4-6,8,13-15,26,38H,7,9-12,16-17H2,1-3H3,(H,34,39)(H,31,32,33,35);3-5,7,12,19H,6,8-11,13H2,1-2H3,(H,26,30);3-4H,1-2H3,(H2,9,10);2-3,10H,4H2,1H3,(H2,8,9);2-3H,1H3,(H2,8,9)/t26-;19-;;;/m11.../s1. The zero-order chi connectivity index (χ0) is 73.7. The minimum Gasteiger partial charge on any atom is -0.464 e. The lowest BCUT2D eigenvalue weighted by Crippen LogP contribution is -2.54. The van der Waals surface area contributed by atoms with Gasteiger partial charge in [0.2, 0.25) is 23.0 Å². The van der Waals surface area contributed by atoms with Gasteiger partial charge >= 0.3 is 5.97 Å². The van der Waals surface area contributed by atoms with Crippen molar-refractivity contribution < 1.29 is 47.6 Å². The maximum atomic E-state index is 15.0. The highest BCUT2D eigenvalue weighted by molar-refractivity contribution is 9.10. The highest BCUT2D eigenvalue weighted by Gasteiger charge is 2.32. The smallest absolute Gasteiger partial charge is 0.356 e. The van der Waals surface area contributed by atoms with E-state index in [9.17, 15) is 23.9 Å². The molecule has 0 bridgehead atoms. The Morgan fingerprint density at radius 1 is 0.588 bits per heavy atom. The first-order chi connectivity index (χ1) is 48.9. The molecule has 0 spiro atoms. The number of carbonyl (C=O) groups is 3.